The van der Waals surface area contributed by atoms with E-state index in [1.165, 1.54) is 0 Å². The molecule has 0 aliphatic rings. The number of nitrogens with one attached hydrogen (secondary N) is 1. The number of alkyl carbamates (subject to hydrolysis) is 1. The molecule has 1 aromatic rings. The van der Waals surface area contributed by atoms with E-state index in [1.54, 1.807) is 7.11 Å². The molecule has 112 valence electrons. The van der Waals surface area contributed by atoms with Crippen molar-refractivity contribution in [3.63, 3.8) is 0 Å². The Balaban J connectivity index is 2.48. The standard InChI is InChI=1S/C15H22BrNO3/c1-15(2,3)20-14(18)17-8-7-11-5-6-12(10-16)13(9-11)19-4/h5-6,9H,7-8,10H2,1-4H3,(H,17,18). The van der Waals surface area contributed by atoms with E-state index in [0.717, 1.165) is 28.6 Å². The lowest BCUT2D eigenvalue weighted by Gasteiger charge is -2.19. The minimum Gasteiger partial charge on any atom is -0.496 e. The van der Waals surface area contributed by atoms with Gasteiger partial charge in [-0.25, -0.2) is 4.79 Å². The number of rotatable bonds is 5. The van der Waals surface area contributed by atoms with Crippen LogP contribution < -0.4 is 10.1 Å². The summed E-state index contributed by atoms with van der Waals surface area (Å²) in [6.45, 7) is 6.06. The van der Waals surface area contributed by atoms with Crippen molar-refractivity contribution >= 4 is 22.0 Å². The van der Waals surface area contributed by atoms with Crippen molar-refractivity contribution in [2.75, 3.05) is 13.7 Å². The van der Waals surface area contributed by atoms with Crippen molar-refractivity contribution < 1.29 is 14.3 Å². The highest BCUT2D eigenvalue weighted by atomic mass is 79.9. The number of carbonyl (C=O) groups is 1. The van der Waals surface area contributed by atoms with Crippen molar-refractivity contribution in [2.45, 2.75) is 38.1 Å². The molecule has 0 fully saturated rings. The smallest absolute Gasteiger partial charge is 0.407 e. The average molecular weight is 344 g/mol. The highest BCUT2D eigenvalue weighted by molar-refractivity contribution is 9.08. The van der Waals surface area contributed by atoms with Gasteiger partial charge in [0.1, 0.15) is 11.4 Å². The normalized spacial score (nSPS) is 11.1. The molecular weight excluding hydrogens is 322 g/mol. The fourth-order valence-electron chi connectivity index (χ4n) is 1.68. The van der Waals surface area contributed by atoms with Crippen LogP contribution in [0.15, 0.2) is 18.2 Å². The second-order valence-corrected chi connectivity index (χ2v) is 6.02. The summed E-state index contributed by atoms with van der Waals surface area (Å²) in [6, 6.07) is 6.06. The first-order valence-electron chi connectivity index (χ1n) is 6.54. The van der Waals surface area contributed by atoms with Gasteiger partial charge in [0, 0.05) is 17.4 Å². The van der Waals surface area contributed by atoms with Crippen LogP contribution in [0.3, 0.4) is 0 Å². The predicted octanol–water partition coefficient (Wildman–Crippen LogP) is 3.66. The minimum absolute atomic E-state index is 0.387. The first kappa shape index (κ1) is 16.8. The molecule has 0 saturated carbocycles. The first-order valence-corrected chi connectivity index (χ1v) is 7.66. The summed E-state index contributed by atoms with van der Waals surface area (Å²) in [5.74, 6) is 0.858. The molecule has 0 aliphatic carbocycles. The second kappa shape index (κ2) is 7.53. The summed E-state index contributed by atoms with van der Waals surface area (Å²) in [7, 11) is 1.66. The van der Waals surface area contributed by atoms with Gasteiger partial charge in [-0.3, -0.25) is 0 Å². The van der Waals surface area contributed by atoms with Crippen LogP contribution in [0.25, 0.3) is 0 Å². The maximum atomic E-state index is 11.5. The van der Waals surface area contributed by atoms with Crippen LogP contribution in [0.2, 0.25) is 0 Å². The first-order chi connectivity index (χ1) is 9.35. The monoisotopic (exact) mass is 343 g/mol. The molecule has 5 heteroatoms. The Bertz CT molecular complexity index is 455. The summed E-state index contributed by atoms with van der Waals surface area (Å²) in [5, 5.41) is 3.50. The Morgan fingerprint density at radius 1 is 1.35 bits per heavy atom. The molecule has 0 saturated heterocycles. The van der Waals surface area contributed by atoms with Crippen molar-refractivity contribution in [3.05, 3.63) is 29.3 Å². The van der Waals surface area contributed by atoms with Gasteiger partial charge >= 0.3 is 6.09 Å². The highest BCUT2D eigenvalue weighted by Crippen LogP contribution is 2.22. The van der Waals surface area contributed by atoms with Crippen molar-refractivity contribution in [3.8, 4) is 5.75 Å². The molecule has 0 unspecified atom stereocenters. The van der Waals surface area contributed by atoms with E-state index in [9.17, 15) is 4.79 Å². The fraction of sp³-hybridized carbons (Fsp3) is 0.533. The maximum Gasteiger partial charge on any atom is 0.407 e. The molecule has 1 aromatic carbocycles. The Labute approximate surface area is 129 Å². The largest absolute Gasteiger partial charge is 0.496 e. The Hall–Kier alpha value is -1.23. The number of halogens is 1. The zero-order chi connectivity index (χ0) is 15.2. The van der Waals surface area contributed by atoms with Gasteiger partial charge in [0.2, 0.25) is 0 Å². The van der Waals surface area contributed by atoms with E-state index in [1.807, 2.05) is 39.0 Å². The highest BCUT2D eigenvalue weighted by Gasteiger charge is 2.15. The molecule has 1 rings (SSSR count). The van der Waals surface area contributed by atoms with E-state index in [2.05, 4.69) is 21.2 Å². The molecule has 4 nitrogen and oxygen atoms in total. The van der Waals surface area contributed by atoms with Gasteiger partial charge in [0.15, 0.2) is 0 Å². The third-order valence-corrected chi connectivity index (χ3v) is 3.18. The third-order valence-electron chi connectivity index (χ3n) is 2.58. The van der Waals surface area contributed by atoms with E-state index in [4.69, 9.17) is 9.47 Å². The molecule has 1 amide bonds. The number of alkyl halides is 1. The molecular formula is C15H22BrNO3. The summed E-state index contributed by atoms with van der Waals surface area (Å²) in [5.41, 5.74) is 1.75. The summed E-state index contributed by atoms with van der Waals surface area (Å²) in [4.78, 5) is 11.5. The molecule has 0 radical (unpaired) electrons. The summed E-state index contributed by atoms with van der Waals surface area (Å²) in [6.07, 6.45) is 0.347. The second-order valence-electron chi connectivity index (χ2n) is 5.46. The van der Waals surface area contributed by atoms with E-state index >= 15 is 0 Å². The Morgan fingerprint density at radius 3 is 2.60 bits per heavy atom. The zero-order valence-corrected chi connectivity index (χ0v) is 14.0. The van der Waals surface area contributed by atoms with Gasteiger partial charge in [-0.2, -0.15) is 0 Å². The number of carbonyl (C=O) groups excluding carboxylic acids is 1. The number of methoxy groups -OCH3 is 1. The zero-order valence-electron chi connectivity index (χ0n) is 12.5. The van der Waals surface area contributed by atoms with E-state index in [0.29, 0.717) is 6.54 Å². The van der Waals surface area contributed by atoms with Gasteiger partial charge < -0.3 is 14.8 Å². The quantitative estimate of drug-likeness (QED) is 0.830. The lowest BCUT2D eigenvalue weighted by Crippen LogP contribution is -2.33. The number of benzene rings is 1. The molecule has 0 heterocycles. The molecule has 0 aromatic heterocycles. The third kappa shape index (κ3) is 5.82. The number of hydrogen-bond donors (Lipinski definition) is 1. The minimum atomic E-state index is -0.467. The van der Waals surface area contributed by atoms with Gasteiger partial charge in [-0.05, 0) is 38.8 Å². The SMILES string of the molecule is COc1cc(CCNC(=O)OC(C)(C)C)ccc1CBr. The van der Waals surface area contributed by atoms with Crippen molar-refractivity contribution in [1.82, 2.24) is 5.32 Å². The van der Waals surface area contributed by atoms with Gasteiger partial charge in [0.05, 0.1) is 7.11 Å². The van der Waals surface area contributed by atoms with Gasteiger partial charge in [-0.15, -0.1) is 0 Å². The lowest BCUT2D eigenvalue weighted by atomic mass is 10.1. The topological polar surface area (TPSA) is 47.6 Å². The molecule has 20 heavy (non-hydrogen) atoms. The fourth-order valence-corrected chi connectivity index (χ4v) is 2.14. The summed E-state index contributed by atoms with van der Waals surface area (Å²) < 4.78 is 10.5. The molecule has 0 spiro atoms. The molecule has 0 bridgehead atoms. The Morgan fingerprint density at radius 2 is 2.05 bits per heavy atom. The van der Waals surface area contributed by atoms with E-state index < -0.39 is 5.60 Å². The van der Waals surface area contributed by atoms with Crippen LogP contribution in [0.4, 0.5) is 4.79 Å². The number of ether oxygens (including phenoxy) is 2. The lowest BCUT2D eigenvalue weighted by molar-refractivity contribution is 0.0528. The van der Waals surface area contributed by atoms with Crippen LogP contribution in [0.5, 0.6) is 5.75 Å². The van der Waals surface area contributed by atoms with Crippen LogP contribution in [-0.2, 0) is 16.5 Å². The molecule has 0 atom stereocenters. The summed E-state index contributed by atoms with van der Waals surface area (Å²) >= 11 is 3.42. The van der Waals surface area contributed by atoms with Crippen LogP contribution in [0, 0.1) is 0 Å². The maximum absolute atomic E-state index is 11.5. The van der Waals surface area contributed by atoms with E-state index in [-0.39, 0.29) is 6.09 Å². The molecule has 0 aliphatic heterocycles. The predicted molar refractivity (Wildman–Crippen MR) is 83.6 cm³/mol. The Kier molecular flexibility index (Phi) is 6.33. The van der Waals surface area contributed by atoms with Crippen molar-refractivity contribution in [1.29, 1.82) is 0 Å². The number of amides is 1. The van der Waals surface area contributed by atoms with Crippen LogP contribution >= 0.6 is 15.9 Å². The van der Waals surface area contributed by atoms with Crippen LogP contribution in [-0.4, -0.2) is 25.3 Å². The number of hydrogen-bond acceptors (Lipinski definition) is 3. The van der Waals surface area contributed by atoms with Crippen LogP contribution in [0.1, 0.15) is 31.9 Å². The molecule has 1 N–H and O–H groups in total. The van der Waals surface area contributed by atoms with Gasteiger partial charge in [-0.1, -0.05) is 28.1 Å². The van der Waals surface area contributed by atoms with Gasteiger partial charge in [0.25, 0.3) is 0 Å². The van der Waals surface area contributed by atoms with Crippen molar-refractivity contribution in [2.24, 2.45) is 0 Å². The average Bonchev–Trinajstić information content (AvgIpc) is 2.36.